The van der Waals surface area contributed by atoms with Gasteiger partial charge in [0.05, 0.1) is 0 Å². The van der Waals surface area contributed by atoms with Gasteiger partial charge in [0, 0.05) is 18.8 Å². The summed E-state index contributed by atoms with van der Waals surface area (Å²) in [5.74, 6) is 2.34. The smallest absolute Gasteiger partial charge is 0.156 e. The van der Waals surface area contributed by atoms with Gasteiger partial charge < -0.3 is 5.32 Å². The third-order valence-electron chi connectivity index (χ3n) is 5.28. The molecule has 1 heterocycles. The predicted molar refractivity (Wildman–Crippen MR) is 84.9 cm³/mol. The Balaban J connectivity index is 1.33. The van der Waals surface area contributed by atoms with E-state index in [9.17, 15) is 0 Å². The van der Waals surface area contributed by atoms with E-state index in [1.165, 1.54) is 75.1 Å². The molecule has 0 atom stereocenters. The van der Waals surface area contributed by atoms with Gasteiger partial charge in [-0.25, -0.2) is 0 Å². The van der Waals surface area contributed by atoms with Crippen molar-refractivity contribution in [3.63, 3.8) is 0 Å². The van der Waals surface area contributed by atoms with Crippen LogP contribution in [0, 0.1) is 11.3 Å². The largest absolute Gasteiger partial charge is 0.365 e. The zero-order chi connectivity index (χ0) is 13.0. The lowest BCUT2D eigenvalue weighted by atomic mass is 9.89. The highest BCUT2D eigenvalue weighted by Gasteiger charge is 2.36. The lowest BCUT2D eigenvalue weighted by Gasteiger charge is -2.31. The quantitative estimate of drug-likeness (QED) is 0.780. The van der Waals surface area contributed by atoms with E-state index in [0.29, 0.717) is 5.41 Å². The van der Waals surface area contributed by atoms with Crippen molar-refractivity contribution >= 4 is 16.9 Å². The Labute approximate surface area is 122 Å². The van der Waals surface area contributed by atoms with Crippen LogP contribution >= 0.6 is 11.8 Å². The first-order chi connectivity index (χ1) is 9.36. The molecule has 0 aromatic heterocycles. The number of rotatable bonds is 4. The summed E-state index contributed by atoms with van der Waals surface area (Å²) in [5, 5.41) is 4.79. The van der Waals surface area contributed by atoms with Gasteiger partial charge >= 0.3 is 0 Å². The molecule has 0 bridgehead atoms. The molecule has 1 N–H and O–H groups in total. The number of hydrogen-bond donors (Lipinski definition) is 1. The fraction of sp³-hybridized carbons (Fsp3) is 0.938. The molecule has 2 fully saturated rings. The normalized spacial score (nSPS) is 26.8. The minimum absolute atomic E-state index is 0.583. The minimum Gasteiger partial charge on any atom is -0.365 e. The Kier molecular flexibility index (Phi) is 4.73. The minimum atomic E-state index is 0.583. The molecule has 2 saturated carbocycles. The van der Waals surface area contributed by atoms with Gasteiger partial charge in [0.25, 0.3) is 0 Å². The molecule has 0 amide bonds. The van der Waals surface area contributed by atoms with Crippen LogP contribution in [0.4, 0.5) is 0 Å². The van der Waals surface area contributed by atoms with Crippen LogP contribution < -0.4 is 5.32 Å². The molecular formula is C16H28N2S. The zero-order valence-corrected chi connectivity index (χ0v) is 12.9. The first kappa shape index (κ1) is 13.8. The van der Waals surface area contributed by atoms with Crippen molar-refractivity contribution in [2.75, 3.05) is 18.8 Å². The Hall–Kier alpha value is -0.180. The summed E-state index contributed by atoms with van der Waals surface area (Å²) in [6, 6.07) is 0. The van der Waals surface area contributed by atoms with Crippen LogP contribution in [0.3, 0.4) is 0 Å². The van der Waals surface area contributed by atoms with Crippen LogP contribution in [-0.2, 0) is 0 Å². The van der Waals surface area contributed by atoms with Crippen LogP contribution in [-0.4, -0.2) is 24.0 Å². The number of hydrogen-bond acceptors (Lipinski definition) is 3. The molecule has 0 aromatic carbocycles. The molecule has 2 nitrogen and oxygen atoms in total. The molecule has 0 unspecified atom stereocenters. The number of thioether (sulfide) groups is 1. The second-order valence-electron chi connectivity index (χ2n) is 6.84. The van der Waals surface area contributed by atoms with E-state index in [1.54, 1.807) is 0 Å². The molecule has 3 aliphatic rings. The van der Waals surface area contributed by atoms with Crippen molar-refractivity contribution in [3.8, 4) is 0 Å². The first-order valence-electron chi connectivity index (χ1n) is 8.28. The van der Waals surface area contributed by atoms with Crippen molar-refractivity contribution in [2.24, 2.45) is 16.3 Å². The van der Waals surface area contributed by atoms with Gasteiger partial charge in [0.15, 0.2) is 5.17 Å². The first-order valence-corrected chi connectivity index (χ1v) is 9.26. The van der Waals surface area contributed by atoms with Gasteiger partial charge in [-0.05, 0) is 37.0 Å². The summed E-state index contributed by atoms with van der Waals surface area (Å²) >= 11 is 1.98. The Morgan fingerprint density at radius 3 is 2.63 bits per heavy atom. The summed E-state index contributed by atoms with van der Waals surface area (Å²) in [6.07, 6.45) is 14.4. The fourth-order valence-electron chi connectivity index (χ4n) is 3.97. The van der Waals surface area contributed by atoms with E-state index in [4.69, 9.17) is 4.99 Å². The van der Waals surface area contributed by atoms with Gasteiger partial charge in [-0.1, -0.05) is 50.3 Å². The van der Waals surface area contributed by atoms with Gasteiger partial charge in [0.1, 0.15) is 0 Å². The van der Waals surface area contributed by atoms with Gasteiger partial charge in [0.2, 0.25) is 0 Å². The molecule has 108 valence electrons. The molecule has 0 aromatic rings. The van der Waals surface area contributed by atoms with Gasteiger partial charge in [-0.15, -0.1) is 0 Å². The SMILES string of the molecule is C1CCC(CCCNC2=NCC3(CCCC3)CS2)C1. The van der Waals surface area contributed by atoms with E-state index < -0.39 is 0 Å². The van der Waals surface area contributed by atoms with E-state index >= 15 is 0 Å². The summed E-state index contributed by atoms with van der Waals surface area (Å²) < 4.78 is 0. The maximum atomic E-state index is 4.80. The molecule has 3 heteroatoms. The Morgan fingerprint density at radius 1 is 1.16 bits per heavy atom. The predicted octanol–water partition coefficient (Wildman–Crippen LogP) is 4.21. The van der Waals surface area contributed by atoms with Crippen LogP contribution in [0.2, 0.25) is 0 Å². The molecule has 1 aliphatic heterocycles. The second-order valence-corrected chi connectivity index (χ2v) is 7.80. The molecule has 0 radical (unpaired) electrons. The molecule has 3 rings (SSSR count). The molecule has 0 saturated heterocycles. The Morgan fingerprint density at radius 2 is 1.95 bits per heavy atom. The molecular weight excluding hydrogens is 252 g/mol. The standard InChI is InChI=1S/C16H28N2S/c1-2-7-14(6-1)8-5-11-17-15-18-12-16(13-19-15)9-3-4-10-16/h14H,1-13H2,(H,17,18). The van der Waals surface area contributed by atoms with E-state index in [2.05, 4.69) is 5.32 Å². The summed E-state index contributed by atoms with van der Waals surface area (Å²) in [4.78, 5) is 4.80. The summed E-state index contributed by atoms with van der Waals surface area (Å²) in [6.45, 7) is 2.22. The maximum Gasteiger partial charge on any atom is 0.156 e. The van der Waals surface area contributed by atoms with Crippen molar-refractivity contribution in [1.82, 2.24) is 5.32 Å². The lowest BCUT2D eigenvalue weighted by molar-refractivity contribution is 0.358. The highest BCUT2D eigenvalue weighted by Crippen LogP contribution is 2.43. The fourth-order valence-corrected chi connectivity index (χ4v) is 5.15. The van der Waals surface area contributed by atoms with E-state index in [1.807, 2.05) is 11.8 Å². The topological polar surface area (TPSA) is 24.4 Å². The van der Waals surface area contributed by atoms with E-state index in [0.717, 1.165) is 19.0 Å². The zero-order valence-electron chi connectivity index (χ0n) is 12.1. The van der Waals surface area contributed by atoms with Crippen LogP contribution in [0.15, 0.2) is 4.99 Å². The summed E-state index contributed by atoms with van der Waals surface area (Å²) in [7, 11) is 0. The average Bonchev–Trinajstić information content (AvgIpc) is 3.09. The molecule has 2 aliphatic carbocycles. The van der Waals surface area contributed by atoms with Crippen LogP contribution in [0.1, 0.15) is 64.2 Å². The third kappa shape index (κ3) is 3.68. The lowest BCUT2D eigenvalue weighted by Crippen LogP contribution is -2.33. The van der Waals surface area contributed by atoms with E-state index in [-0.39, 0.29) is 0 Å². The Bertz CT molecular complexity index is 315. The van der Waals surface area contributed by atoms with Gasteiger partial charge in [-0.2, -0.15) is 0 Å². The van der Waals surface area contributed by atoms with Crippen LogP contribution in [0.5, 0.6) is 0 Å². The number of aliphatic imine (C=N–C) groups is 1. The second kappa shape index (κ2) is 6.51. The van der Waals surface area contributed by atoms with Crippen molar-refractivity contribution in [1.29, 1.82) is 0 Å². The van der Waals surface area contributed by atoms with Crippen molar-refractivity contribution in [2.45, 2.75) is 64.2 Å². The highest BCUT2D eigenvalue weighted by atomic mass is 32.2. The third-order valence-corrected chi connectivity index (χ3v) is 6.58. The molecule has 1 spiro atoms. The van der Waals surface area contributed by atoms with Gasteiger partial charge in [-0.3, -0.25) is 4.99 Å². The van der Waals surface area contributed by atoms with Crippen molar-refractivity contribution in [3.05, 3.63) is 0 Å². The maximum absolute atomic E-state index is 4.80. The number of nitrogens with zero attached hydrogens (tertiary/aromatic N) is 1. The number of nitrogens with one attached hydrogen (secondary N) is 1. The van der Waals surface area contributed by atoms with Crippen molar-refractivity contribution < 1.29 is 0 Å². The van der Waals surface area contributed by atoms with Crippen LogP contribution in [0.25, 0.3) is 0 Å². The number of amidine groups is 1. The monoisotopic (exact) mass is 280 g/mol. The highest BCUT2D eigenvalue weighted by molar-refractivity contribution is 8.13. The molecule has 19 heavy (non-hydrogen) atoms. The average molecular weight is 280 g/mol. The summed E-state index contributed by atoms with van der Waals surface area (Å²) in [5.41, 5.74) is 0.583.